The Balaban J connectivity index is 1.65. The normalized spacial score (nSPS) is 10.7. The number of hydrogen-bond donors (Lipinski definition) is 1. The van der Waals surface area contributed by atoms with Gasteiger partial charge in [0.2, 0.25) is 5.91 Å². The molecule has 0 saturated carbocycles. The SMILES string of the molecule is CCn1c(SCC(=O)Nc2ccccc2)nnc1-c1ccoc1. The topological polar surface area (TPSA) is 73.0 Å². The number of benzene rings is 1. The number of thioether (sulfide) groups is 1. The van der Waals surface area contributed by atoms with Crippen molar-refractivity contribution in [3.63, 3.8) is 0 Å². The second-order valence-corrected chi connectivity index (χ2v) is 5.71. The Morgan fingerprint density at radius 1 is 1.26 bits per heavy atom. The summed E-state index contributed by atoms with van der Waals surface area (Å²) in [4.78, 5) is 12.0. The molecule has 1 amide bonds. The lowest BCUT2D eigenvalue weighted by atomic mass is 10.3. The van der Waals surface area contributed by atoms with Gasteiger partial charge in [0, 0.05) is 12.2 Å². The van der Waals surface area contributed by atoms with Gasteiger partial charge in [0.05, 0.1) is 17.6 Å². The third-order valence-corrected chi connectivity index (χ3v) is 4.17. The standard InChI is InChI=1S/C16H16N4O2S/c1-2-20-15(12-8-9-22-10-12)18-19-16(20)23-11-14(21)17-13-6-4-3-5-7-13/h3-10H,2,11H2,1H3,(H,17,21). The molecule has 0 aliphatic carbocycles. The number of rotatable bonds is 6. The summed E-state index contributed by atoms with van der Waals surface area (Å²) >= 11 is 1.36. The number of anilines is 1. The second-order valence-electron chi connectivity index (χ2n) is 4.77. The number of nitrogens with one attached hydrogen (secondary N) is 1. The molecule has 0 saturated heterocycles. The van der Waals surface area contributed by atoms with Crippen molar-refractivity contribution in [3.05, 3.63) is 48.9 Å². The van der Waals surface area contributed by atoms with Crippen LogP contribution < -0.4 is 5.32 Å². The summed E-state index contributed by atoms with van der Waals surface area (Å²) in [5.74, 6) is 0.947. The van der Waals surface area contributed by atoms with E-state index in [1.54, 1.807) is 12.5 Å². The highest BCUT2D eigenvalue weighted by Gasteiger charge is 2.15. The first kappa shape index (κ1) is 15.4. The van der Waals surface area contributed by atoms with Crippen LogP contribution in [-0.4, -0.2) is 26.4 Å². The minimum absolute atomic E-state index is 0.0725. The number of hydrogen-bond acceptors (Lipinski definition) is 5. The molecule has 118 valence electrons. The average molecular weight is 328 g/mol. The van der Waals surface area contributed by atoms with E-state index in [0.29, 0.717) is 5.16 Å². The highest BCUT2D eigenvalue weighted by Crippen LogP contribution is 2.24. The van der Waals surface area contributed by atoms with Crippen molar-refractivity contribution in [2.75, 3.05) is 11.1 Å². The number of carbonyl (C=O) groups is 1. The first-order valence-corrected chi connectivity index (χ1v) is 8.20. The molecule has 0 spiro atoms. The molecule has 23 heavy (non-hydrogen) atoms. The minimum Gasteiger partial charge on any atom is -0.472 e. The summed E-state index contributed by atoms with van der Waals surface area (Å²) in [5.41, 5.74) is 1.66. The van der Waals surface area contributed by atoms with E-state index in [1.165, 1.54) is 11.8 Å². The van der Waals surface area contributed by atoms with Gasteiger partial charge in [-0.2, -0.15) is 0 Å². The molecule has 1 aromatic carbocycles. The molecule has 1 N–H and O–H groups in total. The summed E-state index contributed by atoms with van der Waals surface area (Å²) < 4.78 is 7.05. The van der Waals surface area contributed by atoms with Crippen LogP contribution in [0.15, 0.2) is 58.5 Å². The van der Waals surface area contributed by atoms with Crippen LogP contribution in [-0.2, 0) is 11.3 Å². The van der Waals surface area contributed by atoms with E-state index < -0.39 is 0 Å². The molecular formula is C16H16N4O2S. The summed E-state index contributed by atoms with van der Waals surface area (Å²) in [7, 11) is 0. The van der Waals surface area contributed by atoms with E-state index in [-0.39, 0.29) is 11.7 Å². The molecule has 7 heteroatoms. The zero-order chi connectivity index (χ0) is 16.1. The number of nitrogens with zero attached hydrogens (tertiary/aromatic N) is 3. The number of furan rings is 1. The Morgan fingerprint density at radius 3 is 2.78 bits per heavy atom. The Kier molecular flexibility index (Phi) is 4.77. The third kappa shape index (κ3) is 3.62. The molecule has 3 rings (SSSR count). The number of para-hydroxylation sites is 1. The van der Waals surface area contributed by atoms with Gasteiger partial charge in [-0.3, -0.25) is 4.79 Å². The van der Waals surface area contributed by atoms with Crippen molar-refractivity contribution in [2.45, 2.75) is 18.6 Å². The zero-order valence-corrected chi connectivity index (χ0v) is 13.4. The van der Waals surface area contributed by atoms with Gasteiger partial charge in [0.15, 0.2) is 11.0 Å². The van der Waals surface area contributed by atoms with Crippen LogP contribution in [0.5, 0.6) is 0 Å². The summed E-state index contributed by atoms with van der Waals surface area (Å²) in [6.07, 6.45) is 3.23. The number of aromatic nitrogens is 3. The van der Waals surface area contributed by atoms with Crippen molar-refractivity contribution < 1.29 is 9.21 Å². The van der Waals surface area contributed by atoms with E-state index in [4.69, 9.17) is 4.42 Å². The van der Waals surface area contributed by atoms with E-state index >= 15 is 0 Å². The maximum Gasteiger partial charge on any atom is 0.234 e. The van der Waals surface area contributed by atoms with Gasteiger partial charge >= 0.3 is 0 Å². The fraction of sp³-hybridized carbons (Fsp3) is 0.188. The molecule has 6 nitrogen and oxygen atoms in total. The summed E-state index contributed by atoms with van der Waals surface area (Å²) in [6, 6.07) is 11.2. The van der Waals surface area contributed by atoms with E-state index in [9.17, 15) is 4.79 Å². The number of amides is 1. The fourth-order valence-corrected chi connectivity index (χ4v) is 2.94. The smallest absolute Gasteiger partial charge is 0.234 e. The van der Waals surface area contributed by atoms with Crippen LogP contribution >= 0.6 is 11.8 Å². The van der Waals surface area contributed by atoms with Crippen molar-refractivity contribution in [3.8, 4) is 11.4 Å². The average Bonchev–Trinajstić information content (AvgIpc) is 3.22. The highest BCUT2D eigenvalue weighted by molar-refractivity contribution is 7.99. The Morgan fingerprint density at radius 2 is 2.09 bits per heavy atom. The van der Waals surface area contributed by atoms with E-state index in [2.05, 4.69) is 15.5 Å². The quantitative estimate of drug-likeness (QED) is 0.703. The predicted octanol–water partition coefficient (Wildman–Crippen LogP) is 3.29. The predicted molar refractivity (Wildman–Crippen MR) is 89.2 cm³/mol. The van der Waals surface area contributed by atoms with Crippen molar-refractivity contribution in [2.24, 2.45) is 0 Å². The molecule has 0 bridgehead atoms. The zero-order valence-electron chi connectivity index (χ0n) is 12.6. The Hall–Kier alpha value is -2.54. The summed E-state index contributed by atoms with van der Waals surface area (Å²) in [6.45, 7) is 2.73. The third-order valence-electron chi connectivity index (χ3n) is 3.20. The van der Waals surface area contributed by atoms with Crippen LogP contribution in [0.4, 0.5) is 5.69 Å². The van der Waals surface area contributed by atoms with Crippen molar-refractivity contribution in [1.82, 2.24) is 14.8 Å². The van der Waals surface area contributed by atoms with E-state index in [0.717, 1.165) is 23.6 Å². The molecule has 0 fully saturated rings. The molecular weight excluding hydrogens is 312 g/mol. The van der Waals surface area contributed by atoms with Gasteiger partial charge in [-0.05, 0) is 25.1 Å². The van der Waals surface area contributed by atoms with Crippen LogP contribution in [0.2, 0.25) is 0 Å². The molecule has 0 aliphatic rings. The maximum absolute atomic E-state index is 12.0. The first-order chi connectivity index (χ1) is 11.3. The lowest BCUT2D eigenvalue weighted by molar-refractivity contribution is -0.113. The molecule has 3 aromatic rings. The maximum atomic E-state index is 12.0. The fourth-order valence-electron chi connectivity index (χ4n) is 2.13. The van der Waals surface area contributed by atoms with Crippen LogP contribution in [0.1, 0.15) is 6.92 Å². The largest absolute Gasteiger partial charge is 0.472 e. The first-order valence-electron chi connectivity index (χ1n) is 7.21. The van der Waals surface area contributed by atoms with Crippen LogP contribution in [0.25, 0.3) is 11.4 Å². The molecule has 0 aliphatic heterocycles. The molecule has 2 heterocycles. The lowest BCUT2D eigenvalue weighted by Gasteiger charge is -2.07. The van der Waals surface area contributed by atoms with Crippen molar-refractivity contribution in [1.29, 1.82) is 0 Å². The van der Waals surface area contributed by atoms with Crippen LogP contribution in [0.3, 0.4) is 0 Å². The Labute approximate surface area is 137 Å². The second kappa shape index (κ2) is 7.15. The van der Waals surface area contributed by atoms with Gasteiger partial charge in [0.1, 0.15) is 6.26 Å². The van der Waals surface area contributed by atoms with Crippen molar-refractivity contribution >= 4 is 23.4 Å². The molecule has 0 unspecified atom stereocenters. The molecule has 2 aromatic heterocycles. The van der Waals surface area contributed by atoms with Gasteiger partial charge in [0.25, 0.3) is 0 Å². The van der Waals surface area contributed by atoms with E-state index in [1.807, 2.05) is 47.9 Å². The Bertz CT molecular complexity index is 769. The van der Waals surface area contributed by atoms with Gasteiger partial charge in [-0.1, -0.05) is 30.0 Å². The minimum atomic E-state index is -0.0725. The van der Waals surface area contributed by atoms with Gasteiger partial charge in [-0.15, -0.1) is 10.2 Å². The van der Waals surface area contributed by atoms with Gasteiger partial charge in [-0.25, -0.2) is 0 Å². The monoisotopic (exact) mass is 328 g/mol. The lowest BCUT2D eigenvalue weighted by Crippen LogP contribution is -2.14. The number of carbonyl (C=O) groups excluding carboxylic acids is 1. The molecule has 0 radical (unpaired) electrons. The summed E-state index contributed by atoms with van der Waals surface area (Å²) in [5, 5.41) is 11.9. The van der Waals surface area contributed by atoms with Gasteiger partial charge < -0.3 is 14.3 Å². The molecule has 0 atom stereocenters. The van der Waals surface area contributed by atoms with Crippen LogP contribution in [0, 0.1) is 0 Å². The highest BCUT2D eigenvalue weighted by atomic mass is 32.2.